The molecule has 1 N–H and O–H groups in total. The van der Waals surface area contributed by atoms with E-state index in [2.05, 4.69) is 12.9 Å². The lowest BCUT2D eigenvalue weighted by atomic mass is 10.3. The van der Waals surface area contributed by atoms with Gasteiger partial charge >= 0.3 is 0 Å². The molecule has 0 amide bonds. The molecule has 0 heterocycles. The highest BCUT2D eigenvalue weighted by molar-refractivity contribution is 7.99. The third kappa shape index (κ3) is 2.65. The Balaban J connectivity index is 2.28. The van der Waals surface area contributed by atoms with Gasteiger partial charge in [-0.25, -0.2) is 0 Å². The topological polar surface area (TPSA) is 29.5 Å². The summed E-state index contributed by atoms with van der Waals surface area (Å²) in [5.74, 6) is 0.721. The number of phenols is 1. The molecule has 0 bridgehead atoms. The first-order valence-corrected chi connectivity index (χ1v) is 5.85. The lowest BCUT2D eigenvalue weighted by molar-refractivity contribution is 0.471. The van der Waals surface area contributed by atoms with E-state index >= 15 is 0 Å². The summed E-state index contributed by atoms with van der Waals surface area (Å²) in [6.45, 7) is 0. The van der Waals surface area contributed by atoms with Crippen LogP contribution in [0.2, 0.25) is 0 Å². The van der Waals surface area contributed by atoms with E-state index in [9.17, 15) is 5.11 Å². The van der Waals surface area contributed by atoms with Crippen LogP contribution in [0.15, 0.2) is 58.3 Å². The van der Waals surface area contributed by atoms with Crippen molar-refractivity contribution in [2.75, 3.05) is 0 Å². The third-order valence-corrected chi connectivity index (χ3v) is 3.26. The zero-order valence-corrected chi connectivity index (χ0v) is 10.0. The number of rotatable bonds is 3. The molecule has 0 spiro atoms. The Labute approximate surface area is 104 Å². The first-order chi connectivity index (χ1) is 7.79. The second kappa shape index (κ2) is 5.18. The minimum Gasteiger partial charge on any atom is -0.508 e. The second-order valence-electron chi connectivity index (χ2n) is 3.14. The van der Waals surface area contributed by atoms with Gasteiger partial charge in [-0.2, -0.15) is 0 Å². The zero-order chi connectivity index (χ0) is 11.4. The average Bonchev–Trinajstić information content (AvgIpc) is 2.33. The lowest BCUT2D eigenvalue weighted by Crippen LogP contribution is -1.80. The van der Waals surface area contributed by atoms with Crippen molar-refractivity contribution in [1.82, 2.24) is 0 Å². The predicted molar refractivity (Wildman–Crippen MR) is 68.3 cm³/mol. The van der Waals surface area contributed by atoms with Crippen LogP contribution in [-0.4, -0.2) is 5.11 Å². The molecule has 4 heteroatoms. The maximum Gasteiger partial charge on any atom is 0.154 e. The summed E-state index contributed by atoms with van der Waals surface area (Å²) in [5, 5.41) is 9.31. The lowest BCUT2D eigenvalue weighted by Gasteiger charge is -2.07. The molecule has 2 aromatic rings. The predicted octanol–water partition coefficient (Wildman–Crippen LogP) is 3.77. The fraction of sp³-hybridized carbons (Fsp3) is 0. The quantitative estimate of drug-likeness (QED) is 0.642. The highest BCUT2D eigenvalue weighted by Crippen LogP contribution is 2.37. The summed E-state index contributed by atoms with van der Waals surface area (Å²) in [6, 6.07) is 14.9. The summed E-state index contributed by atoms with van der Waals surface area (Å²) in [6.07, 6.45) is 0. The summed E-state index contributed by atoms with van der Waals surface area (Å²) in [5.41, 5.74) is 0. The largest absolute Gasteiger partial charge is 0.508 e. The van der Waals surface area contributed by atoms with Gasteiger partial charge in [0.25, 0.3) is 0 Å². The number of hydrogen-bond acceptors (Lipinski definition) is 4. The molecule has 0 aliphatic rings. The molecule has 82 valence electrons. The maximum absolute atomic E-state index is 9.31. The van der Waals surface area contributed by atoms with Crippen molar-refractivity contribution in [3.8, 4) is 11.5 Å². The monoisotopic (exact) mass is 250 g/mol. The van der Waals surface area contributed by atoms with Crippen LogP contribution in [-0.2, 0) is 0 Å². The van der Waals surface area contributed by atoms with Gasteiger partial charge in [-0.3, -0.25) is 0 Å². The van der Waals surface area contributed by atoms with Crippen LogP contribution in [0.5, 0.6) is 11.5 Å². The molecular weight excluding hydrogens is 240 g/mol. The Morgan fingerprint density at radius 3 is 2.50 bits per heavy atom. The fourth-order valence-electron chi connectivity index (χ4n) is 1.27. The average molecular weight is 250 g/mol. The Bertz CT molecular complexity index is 472. The number of benzene rings is 2. The van der Waals surface area contributed by atoms with Gasteiger partial charge in [0.05, 0.1) is 4.90 Å². The van der Waals surface area contributed by atoms with Crippen molar-refractivity contribution in [1.29, 1.82) is 0 Å². The summed E-state index contributed by atoms with van der Waals surface area (Å²) in [4.78, 5) is 2.03. The van der Waals surface area contributed by atoms with Crippen LogP contribution in [0, 0.1) is 0 Å². The van der Waals surface area contributed by atoms with Crippen LogP contribution in [0.1, 0.15) is 0 Å². The Morgan fingerprint density at radius 2 is 1.81 bits per heavy atom. The molecule has 0 saturated heterocycles. The molecule has 16 heavy (non-hydrogen) atoms. The van der Waals surface area contributed by atoms with Gasteiger partial charge in [0.1, 0.15) is 5.75 Å². The standard InChI is InChI=1S/C12H10O2S2/c13-9-6-7-12(11(8-9)14-15)16-10-4-2-1-3-5-10/h1-8,13,15H. The molecule has 0 unspecified atom stereocenters. The smallest absolute Gasteiger partial charge is 0.154 e. The number of thiol groups is 1. The summed E-state index contributed by atoms with van der Waals surface area (Å²) >= 11 is 5.33. The molecule has 2 aromatic carbocycles. The van der Waals surface area contributed by atoms with E-state index < -0.39 is 0 Å². The van der Waals surface area contributed by atoms with Crippen molar-refractivity contribution in [2.45, 2.75) is 9.79 Å². The first-order valence-electron chi connectivity index (χ1n) is 4.67. The van der Waals surface area contributed by atoms with Crippen molar-refractivity contribution < 1.29 is 9.29 Å². The van der Waals surface area contributed by atoms with Gasteiger partial charge in [0.15, 0.2) is 5.75 Å². The van der Waals surface area contributed by atoms with Gasteiger partial charge in [-0.05, 0) is 24.3 Å². The van der Waals surface area contributed by atoms with Crippen LogP contribution >= 0.6 is 24.7 Å². The Kier molecular flexibility index (Phi) is 3.64. The van der Waals surface area contributed by atoms with E-state index in [1.807, 2.05) is 30.3 Å². The maximum atomic E-state index is 9.31. The van der Waals surface area contributed by atoms with E-state index in [1.54, 1.807) is 23.9 Å². The zero-order valence-electron chi connectivity index (χ0n) is 8.33. The number of phenolic OH excluding ortho intramolecular Hbond substituents is 1. The van der Waals surface area contributed by atoms with E-state index in [4.69, 9.17) is 4.18 Å². The molecule has 2 nitrogen and oxygen atoms in total. The molecule has 2 rings (SSSR count). The van der Waals surface area contributed by atoms with Gasteiger partial charge < -0.3 is 9.29 Å². The van der Waals surface area contributed by atoms with Gasteiger partial charge in [-0.15, -0.1) is 0 Å². The minimum atomic E-state index is 0.168. The van der Waals surface area contributed by atoms with Crippen LogP contribution in [0.3, 0.4) is 0 Å². The SMILES string of the molecule is Oc1ccc(Sc2ccccc2)c(OS)c1. The molecule has 0 saturated carbocycles. The third-order valence-electron chi connectivity index (χ3n) is 2.00. The number of hydrogen-bond donors (Lipinski definition) is 2. The van der Waals surface area contributed by atoms with Crippen molar-refractivity contribution in [3.63, 3.8) is 0 Å². The van der Waals surface area contributed by atoms with Crippen LogP contribution < -0.4 is 4.18 Å². The molecule has 0 aliphatic heterocycles. The van der Waals surface area contributed by atoms with Gasteiger partial charge in [0.2, 0.25) is 0 Å². The van der Waals surface area contributed by atoms with Gasteiger partial charge in [-0.1, -0.05) is 30.0 Å². The molecular formula is C12H10O2S2. The minimum absolute atomic E-state index is 0.168. The first kappa shape index (κ1) is 11.2. The van der Waals surface area contributed by atoms with E-state index in [0.717, 1.165) is 9.79 Å². The molecule has 0 aliphatic carbocycles. The number of aromatic hydroxyl groups is 1. The highest BCUT2D eigenvalue weighted by atomic mass is 32.2. The van der Waals surface area contributed by atoms with Crippen molar-refractivity contribution in [2.24, 2.45) is 0 Å². The summed E-state index contributed by atoms with van der Waals surface area (Å²) in [7, 11) is 0. The van der Waals surface area contributed by atoms with E-state index in [-0.39, 0.29) is 5.75 Å². The Morgan fingerprint density at radius 1 is 1.06 bits per heavy atom. The second-order valence-corrected chi connectivity index (χ2v) is 4.44. The van der Waals surface area contributed by atoms with E-state index in [0.29, 0.717) is 5.75 Å². The van der Waals surface area contributed by atoms with Gasteiger partial charge in [0, 0.05) is 23.9 Å². The fourth-order valence-corrected chi connectivity index (χ4v) is 2.37. The normalized spacial score (nSPS) is 10.1. The molecule has 0 atom stereocenters. The molecule has 0 aromatic heterocycles. The van der Waals surface area contributed by atoms with E-state index in [1.165, 1.54) is 6.07 Å². The Hall–Kier alpha value is -1.26. The van der Waals surface area contributed by atoms with Crippen LogP contribution in [0.4, 0.5) is 0 Å². The van der Waals surface area contributed by atoms with Crippen molar-refractivity contribution >= 4 is 24.7 Å². The van der Waals surface area contributed by atoms with Crippen molar-refractivity contribution in [3.05, 3.63) is 48.5 Å². The summed E-state index contributed by atoms with van der Waals surface area (Å²) < 4.78 is 4.91. The molecule has 0 fully saturated rings. The highest BCUT2D eigenvalue weighted by Gasteiger charge is 2.06. The van der Waals surface area contributed by atoms with Crippen LogP contribution in [0.25, 0.3) is 0 Å². The molecule has 0 radical (unpaired) electrons.